The van der Waals surface area contributed by atoms with Crippen molar-refractivity contribution in [1.82, 2.24) is 5.32 Å². The second kappa shape index (κ2) is 4.30. The summed E-state index contributed by atoms with van der Waals surface area (Å²) in [4.78, 5) is 0. The van der Waals surface area contributed by atoms with Crippen LogP contribution < -0.4 is 5.32 Å². The van der Waals surface area contributed by atoms with Gasteiger partial charge in [-0.3, -0.25) is 0 Å². The maximum Gasteiger partial charge on any atom is 0.0964 e. The highest BCUT2D eigenvalue weighted by molar-refractivity contribution is 6.31. The highest BCUT2D eigenvalue weighted by Crippen LogP contribution is 2.27. The van der Waals surface area contributed by atoms with Gasteiger partial charge >= 0.3 is 0 Å². The van der Waals surface area contributed by atoms with Gasteiger partial charge in [0, 0.05) is 23.7 Å². The Labute approximate surface area is 89.2 Å². The third-order valence-electron chi connectivity index (χ3n) is 2.43. The van der Waals surface area contributed by atoms with Gasteiger partial charge in [0.2, 0.25) is 0 Å². The van der Waals surface area contributed by atoms with Gasteiger partial charge in [0.25, 0.3) is 0 Å². The summed E-state index contributed by atoms with van der Waals surface area (Å²) in [5.74, 6) is 0. The molecule has 1 atom stereocenters. The van der Waals surface area contributed by atoms with Gasteiger partial charge in [-0.2, -0.15) is 0 Å². The molecule has 0 spiro atoms. The van der Waals surface area contributed by atoms with E-state index < -0.39 is 0 Å². The van der Waals surface area contributed by atoms with Gasteiger partial charge in [0.15, 0.2) is 0 Å². The standard InChI is InChI=1S/C11H14ClNO/c1-8-2-3-10(12)9(6-8)11-7-13-4-5-14-11/h2-3,6,11,13H,4-5,7H2,1H3. The summed E-state index contributed by atoms with van der Waals surface area (Å²) < 4.78 is 5.65. The molecule has 1 heterocycles. The predicted octanol–water partition coefficient (Wildman–Crippen LogP) is 2.31. The van der Waals surface area contributed by atoms with Gasteiger partial charge in [-0.1, -0.05) is 29.3 Å². The number of nitrogens with one attached hydrogen (secondary N) is 1. The molecule has 1 saturated heterocycles. The fourth-order valence-electron chi connectivity index (χ4n) is 1.68. The fraction of sp³-hybridized carbons (Fsp3) is 0.455. The number of ether oxygens (including phenoxy) is 1. The smallest absolute Gasteiger partial charge is 0.0964 e. The van der Waals surface area contributed by atoms with E-state index in [2.05, 4.69) is 18.3 Å². The van der Waals surface area contributed by atoms with E-state index in [1.54, 1.807) is 0 Å². The molecule has 1 aliphatic heterocycles. The van der Waals surface area contributed by atoms with Crippen LogP contribution in [0.1, 0.15) is 17.2 Å². The minimum absolute atomic E-state index is 0.108. The quantitative estimate of drug-likeness (QED) is 0.770. The van der Waals surface area contributed by atoms with E-state index in [1.807, 2.05) is 12.1 Å². The Kier molecular flexibility index (Phi) is 3.06. The Bertz CT molecular complexity index is 321. The maximum absolute atomic E-state index is 6.12. The van der Waals surface area contributed by atoms with Gasteiger partial charge in [0.1, 0.15) is 0 Å². The lowest BCUT2D eigenvalue weighted by molar-refractivity contribution is 0.0277. The van der Waals surface area contributed by atoms with Crippen molar-refractivity contribution in [3.8, 4) is 0 Å². The molecule has 14 heavy (non-hydrogen) atoms. The molecule has 1 N–H and O–H groups in total. The van der Waals surface area contributed by atoms with Crippen LogP contribution in [-0.2, 0) is 4.74 Å². The van der Waals surface area contributed by atoms with Crippen LogP contribution in [0.25, 0.3) is 0 Å². The Morgan fingerprint density at radius 3 is 3.07 bits per heavy atom. The molecule has 2 nitrogen and oxygen atoms in total. The molecule has 0 saturated carbocycles. The van der Waals surface area contributed by atoms with Crippen molar-refractivity contribution in [2.24, 2.45) is 0 Å². The molecule has 1 fully saturated rings. The minimum atomic E-state index is 0.108. The molecule has 76 valence electrons. The number of halogens is 1. The summed E-state index contributed by atoms with van der Waals surface area (Å²) in [6.07, 6.45) is 0.108. The van der Waals surface area contributed by atoms with Crippen LogP contribution in [0.4, 0.5) is 0 Å². The molecule has 1 aromatic rings. The van der Waals surface area contributed by atoms with E-state index >= 15 is 0 Å². The highest BCUT2D eigenvalue weighted by Gasteiger charge is 2.17. The largest absolute Gasteiger partial charge is 0.371 e. The first-order chi connectivity index (χ1) is 6.77. The van der Waals surface area contributed by atoms with Gasteiger partial charge in [-0.05, 0) is 13.0 Å². The van der Waals surface area contributed by atoms with Gasteiger partial charge < -0.3 is 10.1 Å². The minimum Gasteiger partial charge on any atom is -0.371 e. The summed E-state index contributed by atoms with van der Waals surface area (Å²) in [6, 6.07) is 6.05. The van der Waals surface area contributed by atoms with Crippen molar-refractivity contribution in [3.63, 3.8) is 0 Å². The van der Waals surface area contributed by atoms with Crippen molar-refractivity contribution in [1.29, 1.82) is 0 Å². The highest BCUT2D eigenvalue weighted by atomic mass is 35.5. The van der Waals surface area contributed by atoms with Crippen LogP contribution >= 0.6 is 11.6 Å². The summed E-state index contributed by atoms with van der Waals surface area (Å²) in [5, 5.41) is 4.09. The first-order valence-electron chi connectivity index (χ1n) is 4.86. The van der Waals surface area contributed by atoms with E-state index in [1.165, 1.54) is 5.56 Å². The van der Waals surface area contributed by atoms with Crippen LogP contribution in [0.5, 0.6) is 0 Å². The summed E-state index contributed by atoms with van der Waals surface area (Å²) in [7, 11) is 0. The van der Waals surface area contributed by atoms with Gasteiger partial charge in [-0.25, -0.2) is 0 Å². The SMILES string of the molecule is Cc1ccc(Cl)c(C2CNCCO2)c1. The maximum atomic E-state index is 6.12. The van der Waals surface area contributed by atoms with Crippen molar-refractivity contribution in [2.75, 3.05) is 19.7 Å². The number of hydrogen-bond donors (Lipinski definition) is 1. The Morgan fingerprint density at radius 2 is 2.36 bits per heavy atom. The molecule has 2 rings (SSSR count). The van der Waals surface area contributed by atoms with Gasteiger partial charge in [0.05, 0.1) is 12.7 Å². The normalized spacial score (nSPS) is 22.3. The number of aryl methyl sites for hydroxylation is 1. The van der Waals surface area contributed by atoms with Gasteiger partial charge in [-0.15, -0.1) is 0 Å². The second-order valence-corrected chi connectivity index (χ2v) is 4.00. The summed E-state index contributed by atoms with van der Waals surface area (Å²) in [6.45, 7) is 4.61. The lowest BCUT2D eigenvalue weighted by Gasteiger charge is -2.24. The van der Waals surface area contributed by atoms with Crippen LogP contribution in [0, 0.1) is 6.92 Å². The summed E-state index contributed by atoms with van der Waals surface area (Å²) >= 11 is 6.12. The van der Waals surface area contributed by atoms with Crippen molar-refractivity contribution >= 4 is 11.6 Å². The first kappa shape index (κ1) is 9.97. The fourth-order valence-corrected chi connectivity index (χ4v) is 1.91. The third kappa shape index (κ3) is 2.08. The van der Waals surface area contributed by atoms with E-state index in [4.69, 9.17) is 16.3 Å². The lowest BCUT2D eigenvalue weighted by Crippen LogP contribution is -2.33. The average Bonchev–Trinajstić information content (AvgIpc) is 2.23. The Hall–Kier alpha value is -0.570. The monoisotopic (exact) mass is 211 g/mol. The van der Waals surface area contributed by atoms with E-state index in [0.29, 0.717) is 0 Å². The van der Waals surface area contributed by atoms with Crippen LogP contribution in [0.3, 0.4) is 0 Å². The van der Waals surface area contributed by atoms with E-state index in [-0.39, 0.29) is 6.10 Å². The topological polar surface area (TPSA) is 21.3 Å². The number of rotatable bonds is 1. The molecule has 0 aliphatic carbocycles. The molecular formula is C11H14ClNO. The van der Waals surface area contributed by atoms with E-state index in [9.17, 15) is 0 Å². The molecule has 0 amide bonds. The van der Waals surface area contributed by atoms with Crippen molar-refractivity contribution in [3.05, 3.63) is 34.3 Å². The molecule has 0 radical (unpaired) electrons. The number of hydrogen-bond acceptors (Lipinski definition) is 2. The van der Waals surface area contributed by atoms with Crippen LogP contribution in [-0.4, -0.2) is 19.7 Å². The molecule has 1 aromatic carbocycles. The molecule has 0 aromatic heterocycles. The molecule has 1 unspecified atom stereocenters. The Balaban J connectivity index is 2.24. The molecule has 0 bridgehead atoms. The summed E-state index contributed by atoms with van der Waals surface area (Å²) in [5.41, 5.74) is 2.32. The first-order valence-corrected chi connectivity index (χ1v) is 5.23. The zero-order chi connectivity index (χ0) is 9.97. The lowest BCUT2D eigenvalue weighted by atomic mass is 10.1. The van der Waals surface area contributed by atoms with Crippen LogP contribution in [0.15, 0.2) is 18.2 Å². The second-order valence-electron chi connectivity index (χ2n) is 3.59. The van der Waals surface area contributed by atoms with Crippen molar-refractivity contribution < 1.29 is 4.74 Å². The molecule has 1 aliphatic rings. The van der Waals surface area contributed by atoms with Crippen LogP contribution in [0.2, 0.25) is 5.02 Å². The molecule has 3 heteroatoms. The predicted molar refractivity (Wildman–Crippen MR) is 57.8 cm³/mol. The zero-order valence-electron chi connectivity index (χ0n) is 8.22. The number of morpholine rings is 1. The number of benzene rings is 1. The van der Waals surface area contributed by atoms with E-state index in [0.717, 1.165) is 30.3 Å². The third-order valence-corrected chi connectivity index (χ3v) is 2.77. The Morgan fingerprint density at radius 1 is 1.50 bits per heavy atom. The van der Waals surface area contributed by atoms with Crippen molar-refractivity contribution in [2.45, 2.75) is 13.0 Å². The zero-order valence-corrected chi connectivity index (χ0v) is 8.97. The average molecular weight is 212 g/mol. The molecular weight excluding hydrogens is 198 g/mol.